The Bertz CT molecular complexity index is 653. The molecule has 4 heteroatoms. The molecule has 1 aromatic heterocycles. The maximum atomic E-state index is 9.26. The molecule has 1 N–H and O–H groups in total. The molecule has 0 spiro atoms. The van der Waals surface area contributed by atoms with Gasteiger partial charge in [-0.05, 0) is 30.2 Å². The zero-order valence-corrected chi connectivity index (χ0v) is 11.8. The second-order valence-corrected chi connectivity index (χ2v) is 5.11. The van der Waals surface area contributed by atoms with Crippen molar-refractivity contribution in [2.24, 2.45) is 0 Å². The minimum atomic E-state index is 0.254. The molecular weight excluding hydrogens is 264 g/mol. The Morgan fingerprint density at radius 2 is 1.52 bits per heavy atom. The minimum Gasteiger partial charge on any atom is -0.508 e. The van der Waals surface area contributed by atoms with Crippen molar-refractivity contribution >= 4 is 0 Å². The number of hydrogen-bond donors (Lipinski definition) is 1. The lowest BCUT2D eigenvalue weighted by Gasteiger charge is -1.97. The molecule has 0 unspecified atom stereocenters. The van der Waals surface area contributed by atoms with Crippen LogP contribution in [-0.4, -0.2) is 15.2 Å². The number of nitrogens with zero attached hydrogens (tertiary/aromatic N) is 2. The summed E-state index contributed by atoms with van der Waals surface area (Å²) in [5.74, 6) is 1.53. The number of phenolic OH excluding ortho intramolecular Hbond substituents is 1. The molecule has 0 aliphatic heterocycles. The number of aryl methyl sites for hydroxylation is 1. The van der Waals surface area contributed by atoms with Crippen LogP contribution >= 0.6 is 0 Å². The van der Waals surface area contributed by atoms with E-state index in [-0.39, 0.29) is 5.75 Å². The maximum absolute atomic E-state index is 9.26. The van der Waals surface area contributed by atoms with E-state index in [1.807, 2.05) is 12.1 Å². The first-order valence-electron chi connectivity index (χ1n) is 6.84. The standard InChI is InChI=1S/C17H16N2O2/c1-12-2-4-13(5-3-12)10-16-18-17(21-19-16)11-14-6-8-15(20)9-7-14/h2-9,20H,10-11H2,1H3. The fraction of sp³-hybridized carbons (Fsp3) is 0.176. The van der Waals surface area contributed by atoms with Crippen LogP contribution in [0.15, 0.2) is 53.1 Å². The van der Waals surface area contributed by atoms with Gasteiger partial charge in [-0.2, -0.15) is 4.98 Å². The van der Waals surface area contributed by atoms with Crippen LogP contribution in [0.2, 0.25) is 0 Å². The normalized spacial score (nSPS) is 10.7. The van der Waals surface area contributed by atoms with Crippen LogP contribution in [0.1, 0.15) is 28.4 Å². The third kappa shape index (κ3) is 3.48. The van der Waals surface area contributed by atoms with Crippen LogP contribution < -0.4 is 0 Å². The van der Waals surface area contributed by atoms with E-state index >= 15 is 0 Å². The molecule has 0 aliphatic rings. The van der Waals surface area contributed by atoms with E-state index in [4.69, 9.17) is 4.52 Å². The first-order chi connectivity index (χ1) is 10.2. The van der Waals surface area contributed by atoms with E-state index in [0.29, 0.717) is 24.6 Å². The summed E-state index contributed by atoms with van der Waals surface area (Å²) < 4.78 is 5.27. The first-order valence-corrected chi connectivity index (χ1v) is 6.84. The second-order valence-electron chi connectivity index (χ2n) is 5.11. The van der Waals surface area contributed by atoms with Crippen LogP contribution in [0, 0.1) is 6.92 Å². The van der Waals surface area contributed by atoms with Crippen molar-refractivity contribution in [3.05, 3.63) is 76.9 Å². The number of rotatable bonds is 4. The predicted molar refractivity (Wildman–Crippen MR) is 79.2 cm³/mol. The van der Waals surface area contributed by atoms with E-state index in [0.717, 1.165) is 11.1 Å². The van der Waals surface area contributed by atoms with Crippen molar-refractivity contribution in [3.8, 4) is 5.75 Å². The summed E-state index contributed by atoms with van der Waals surface area (Å²) in [6.07, 6.45) is 1.24. The highest BCUT2D eigenvalue weighted by Gasteiger charge is 2.08. The van der Waals surface area contributed by atoms with Gasteiger partial charge in [0.15, 0.2) is 5.82 Å². The summed E-state index contributed by atoms with van der Waals surface area (Å²) in [6, 6.07) is 15.3. The lowest BCUT2D eigenvalue weighted by molar-refractivity contribution is 0.380. The SMILES string of the molecule is Cc1ccc(Cc2noc(Cc3ccc(O)cc3)n2)cc1. The summed E-state index contributed by atoms with van der Waals surface area (Å²) in [6.45, 7) is 2.06. The first kappa shape index (κ1) is 13.4. The Kier molecular flexibility index (Phi) is 3.69. The summed E-state index contributed by atoms with van der Waals surface area (Å²) in [4.78, 5) is 4.41. The van der Waals surface area contributed by atoms with Crippen LogP contribution in [0.25, 0.3) is 0 Å². The van der Waals surface area contributed by atoms with Crippen molar-refractivity contribution in [1.82, 2.24) is 10.1 Å². The fourth-order valence-electron chi connectivity index (χ4n) is 2.11. The molecule has 0 aliphatic carbocycles. The summed E-state index contributed by atoms with van der Waals surface area (Å²) in [5, 5.41) is 13.3. The number of aromatic hydroxyl groups is 1. The molecule has 3 aromatic rings. The van der Waals surface area contributed by atoms with Gasteiger partial charge in [-0.15, -0.1) is 0 Å². The molecule has 0 bridgehead atoms. The zero-order valence-electron chi connectivity index (χ0n) is 11.8. The van der Waals surface area contributed by atoms with Crippen LogP contribution in [0.4, 0.5) is 0 Å². The van der Waals surface area contributed by atoms with Gasteiger partial charge in [0.25, 0.3) is 0 Å². The number of benzene rings is 2. The van der Waals surface area contributed by atoms with Crippen LogP contribution in [-0.2, 0) is 12.8 Å². The van der Waals surface area contributed by atoms with Crippen molar-refractivity contribution < 1.29 is 9.63 Å². The average Bonchev–Trinajstić information content (AvgIpc) is 2.91. The van der Waals surface area contributed by atoms with Crippen LogP contribution in [0.5, 0.6) is 5.75 Å². The smallest absolute Gasteiger partial charge is 0.231 e. The molecular formula is C17H16N2O2. The molecule has 2 aromatic carbocycles. The molecule has 106 valence electrons. The maximum Gasteiger partial charge on any atom is 0.231 e. The topological polar surface area (TPSA) is 59.2 Å². The highest BCUT2D eigenvalue weighted by molar-refractivity contribution is 5.27. The van der Waals surface area contributed by atoms with E-state index in [1.165, 1.54) is 5.56 Å². The second kappa shape index (κ2) is 5.79. The molecule has 0 fully saturated rings. The van der Waals surface area contributed by atoms with E-state index in [1.54, 1.807) is 12.1 Å². The predicted octanol–water partition coefficient (Wildman–Crippen LogP) is 3.27. The lowest BCUT2D eigenvalue weighted by atomic mass is 10.1. The number of phenols is 1. The van der Waals surface area contributed by atoms with E-state index in [9.17, 15) is 5.11 Å². The average molecular weight is 280 g/mol. The van der Waals surface area contributed by atoms with Gasteiger partial charge >= 0.3 is 0 Å². The molecule has 3 rings (SSSR count). The number of aromatic nitrogens is 2. The Morgan fingerprint density at radius 1 is 0.905 bits per heavy atom. The van der Waals surface area contributed by atoms with Gasteiger partial charge < -0.3 is 9.63 Å². The van der Waals surface area contributed by atoms with Gasteiger partial charge in [0.1, 0.15) is 5.75 Å². The Balaban J connectivity index is 1.68. The summed E-state index contributed by atoms with van der Waals surface area (Å²) in [5.41, 5.74) is 3.43. The largest absolute Gasteiger partial charge is 0.508 e. The van der Waals surface area contributed by atoms with Crippen molar-refractivity contribution in [3.63, 3.8) is 0 Å². The summed E-state index contributed by atoms with van der Waals surface area (Å²) >= 11 is 0. The molecule has 4 nitrogen and oxygen atoms in total. The lowest BCUT2D eigenvalue weighted by Crippen LogP contribution is -1.92. The van der Waals surface area contributed by atoms with Crippen LogP contribution in [0.3, 0.4) is 0 Å². The van der Waals surface area contributed by atoms with Gasteiger partial charge in [-0.1, -0.05) is 47.1 Å². The molecule has 0 saturated heterocycles. The van der Waals surface area contributed by atoms with Gasteiger partial charge in [-0.25, -0.2) is 0 Å². The molecule has 0 radical (unpaired) electrons. The number of hydrogen-bond acceptors (Lipinski definition) is 4. The molecule has 0 saturated carbocycles. The quantitative estimate of drug-likeness (QED) is 0.797. The van der Waals surface area contributed by atoms with Crippen molar-refractivity contribution in [2.75, 3.05) is 0 Å². The monoisotopic (exact) mass is 280 g/mol. The van der Waals surface area contributed by atoms with Gasteiger partial charge in [-0.3, -0.25) is 0 Å². The Morgan fingerprint density at radius 3 is 2.24 bits per heavy atom. The van der Waals surface area contributed by atoms with E-state index < -0.39 is 0 Å². The van der Waals surface area contributed by atoms with E-state index in [2.05, 4.69) is 41.3 Å². The summed E-state index contributed by atoms with van der Waals surface area (Å²) in [7, 11) is 0. The van der Waals surface area contributed by atoms with Gasteiger partial charge in [0.2, 0.25) is 5.89 Å². The third-order valence-corrected chi connectivity index (χ3v) is 3.28. The fourth-order valence-corrected chi connectivity index (χ4v) is 2.11. The molecule has 21 heavy (non-hydrogen) atoms. The molecule has 0 atom stereocenters. The third-order valence-electron chi connectivity index (χ3n) is 3.28. The highest BCUT2D eigenvalue weighted by Crippen LogP contribution is 2.14. The molecule has 1 heterocycles. The van der Waals surface area contributed by atoms with Gasteiger partial charge in [0.05, 0.1) is 6.42 Å². The Hall–Kier alpha value is -2.62. The Labute approximate surface area is 123 Å². The minimum absolute atomic E-state index is 0.254. The van der Waals surface area contributed by atoms with Crippen molar-refractivity contribution in [2.45, 2.75) is 19.8 Å². The zero-order chi connectivity index (χ0) is 14.7. The van der Waals surface area contributed by atoms with Crippen molar-refractivity contribution in [1.29, 1.82) is 0 Å². The molecule has 0 amide bonds. The van der Waals surface area contributed by atoms with Gasteiger partial charge in [0, 0.05) is 6.42 Å². The highest BCUT2D eigenvalue weighted by atomic mass is 16.5.